The van der Waals surface area contributed by atoms with Crippen LogP contribution in [0.5, 0.6) is 0 Å². The maximum absolute atomic E-state index is 10.0. The van der Waals surface area contributed by atoms with Crippen LogP contribution in [0.2, 0.25) is 0 Å². The first-order valence-corrected chi connectivity index (χ1v) is 10.8. The Hall–Kier alpha value is -0.860. The lowest BCUT2D eigenvalue weighted by molar-refractivity contribution is -0.151. The number of cyclic esters (lactones) is 2. The highest BCUT2D eigenvalue weighted by Gasteiger charge is 2.19. The van der Waals surface area contributed by atoms with E-state index in [4.69, 9.17) is 0 Å². The average Bonchev–Trinajstić information content (AvgIpc) is 2.97. The third-order valence-corrected chi connectivity index (χ3v) is 4.86. The van der Waals surface area contributed by atoms with Gasteiger partial charge in [0.1, 0.15) is 0 Å². The predicted molar refractivity (Wildman–Crippen MR) is 105 cm³/mol. The first kappa shape index (κ1) is 24.1. The van der Waals surface area contributed by atoms with Gasteiger partial charge in [-0.1, -0.05) is 111 Å². The fourth-order valence-corrected chi connectivity index (χ4v) is 3.12. The van der Waals surface area contributed by atoms with Crippen LogP contribution in [0.15, 0.2) is 0 Å². The smallest absolute Gasteiger partial charge is 0.314 e. The van der Waals surface area contributed by atoms with Gasteiger partial charge in [-0.25, -0.2) is 0 Å². The fourth-order valence-electron chi connectivity index (χ4n) is 3.12. The third-order valence-electron chi connectivity index (χ3n) is 4.86. The average molecular weight is 355 g/mol. The molecule has 148 valence electrons. The molecule has 0 amide bonds. The molecule has 0 aromatic rings. The lowest BCUT2D eigenvalue weighted by Crippen LogP contribution is -1.95. The van der Waals surface area contributed by atoms with Gasteiger partial charge in [0, 0.05) is 0 Å². The van der Waals surface area contributed by atoms with Crippen LogP contribution in [0.3, 0.4) is 0 Å². The zero-order chi connectivity index (χ0) is 18.8. The molecule has 1 heterocycles. The zero-order valence-electron chi connectivity index (χ0n) is 17.1. The van der Waals surface area contributed by atoms with E-state index in [0.717, 1.165) is 5.92 Å². The fraction of sp³-hybridized carbons (Fsp3) is 0.909. The van der Waals surface area contributed by atoms with Crippen LogP contribution in [0.25, 0.3) is 0 Å². The Labute approximate surface area is 156 Å². The molecule has 1 rings (SSSR count). The van der Waals surface area contributed by atoms with Crippen LogP contribution in [0, 0.1) is 5.92 Å². The van der Waals surface area contributed by atoms with E-state index in [1.165, 1.54) is 89.9 Å². The third kappa shape index (κ3) is 17.7. The lowest BCUT2D eigenvalue weighted by Gasteiger charge is -2.10. The van der Waals surface area contributed by atoms with E-state index in [9.17, 15) is 9.59 Å². The normalized spacial score (nSPS) is 14.8. The van der Waals surface area contributed by atoms with Crippen molar-refractivity contribution >= 4 is 11.9 Å². The highest BCUT2D eigenvalue weighted by atomic mass is 16.6. The second kappa shape index (κ2) is 17.9. The number of hydrogen-bond donors (Lipinski definition) is 0. The first-order chi connectivity index (χ1) is 12.1. The van der Waals surface area contributed by atoms with E-state index < -0.39 is 11.9 Å². The summed E-state index contributed by atoms with van der Waals surface area (Å²) < 4.78 is 4.08. The molecule has 0 aromatic carbocycles. The van der Waals surface area contributed by atoms with E-state index in [0.29, 0.717) is 0 Å². The topological polar surface area (TPSA) is 43.4 Å². The van der Waals surface area contributed by atoms with Gasteiger partial charge in [-0.15, -0.1) is 0 Å². The number of esters is 2. The Kier molecular flexibility index (Phi) is 17.3. The summed E-state index contributed by atoms with van der Waals surface area (Å²) in [4.78, 5) is 20.0. The summed E-state index contributed by atoms with van der Waals surface area (Å²) in [5, 5.41) is 0. The van der Waals surface area contributed by atoms with Gasteiger partial charge in [-0.2, -0.15) is 0 Å². The molecular formula is C22H42O3. The molecule has 3 heteroatoms. The first-order valence-electron chi connectivity index (χ1n) is 10.8. The number of carbonyl (C=O) groups excluding carboxylic acids is 2. The number of unbranched alkanes of at least 4 members (excludes halogenated alkanes) is 10. The summed E-state index contributed by atoms with van der Waals surface area (Å²) in [5.41, 5.74) is 0. The van der Waals surface area contributed by atoms with Gasteiger partial charge in [-0.05, 0) is 5.92 Å². The second-order valence-corrected chi connectivity index (χ2v) is 7.56. The van der Waals surface area contributed by atoms with Crippen molar-refractivity contribution < 1.29 is 14.3 Å². The van der Waals surface area contributed by atoms with Crippen LogP contribution in [-0.4, -0.2) is 11.9 Å². The zero-order valence-corrected chi connectivity index (χ0v) is 17.1. The van der Waals surface area contributed by atoms with Gasteiger partial charge >= 0.3 is 11.9 Å². The van der Waals surface area contributed by atoms with Gasteiger partial charge < -0.3 is 4.74 Å². The molecule has 0 N–H and O–H groups in total. The molecule has 0 aromatic heterocycles. The molecule has 0 spiro atoms. The Morgan fingerprint density at radius 2 is 1.04 bits per heavy atom. The van der Waals surface area contributed by atoms with Gasteiger partial charge in [0.15, 0.2) is 0 Å². The van der Waals surface area contributed by atoms with Gasteiger partial charge in [0.2, 0.25) is 0 Å². The largest absolute Gasteiger partial charge is 0.393 e. The Morgan fingerprint density at radius 1 is 0.680 bits per heavy atom. The summed E-state index contributed by atoms with van der Waals surface area (Å²) in [6.45, 7) is 7.04. The van der Waals surface area contributed by atoms with Crippen LogP contribution >= 0.6 is 0 Å². The van der Waals surface area contributed by atoms with E-state index in [2.05, 4.69) is 25.5 Å². The van der Waals surface area contributed by atoms with Gasteiger partial charge in [0.05, 0.1) is 12.8 Å². The van der Waals surface area contributed by atoms with Crippen molar-refractivity contribution in [3.63, 3.8) is 0 Å². The molecule has 1 atom stereocenters. The highest BCUT2D eigenvalue weighted by Crippen LogP contribution is 2.18. The van der Waals surface area contributed by atoms with Crippen molar-refractivity contribution in [2.45, 2.75) is 124 Å². The summed E-state index contributed by atoms with van der Waals surface area (Å²) >= 11 is 0. The van der Waals surface area contributed by atoms with Crippen LogP contribution in [-0.2, 0) is 14.3 Å². The lowest BCUT2D eigenvalue weighted by atomic mass is 9.96. The summed E-state index contributed by atoms with van der Waals surface area (Å²) in [5.74, 6) is 0.178. The van der Waals surface area contributed by atoms with Gasteiger partial charge in [0.25, 0.3) is 0 Å². The minimum atomic E-state index is -0.398. The van der Waals surface area contributed by atoms with Crippen molar-refractivity contribution in [1.29, 1.82) is 0 Å². The Morgan fingerprint density at radius 3 is 1.36 bits per heavy atom. The number of hydrogen-bond acceptors (Lipinski definition) is 3. The minimum absolute atomic E-state index is 0.263. The summed E-state index contributed by atoms with van der Waals surface area (Å²) in [6.07, 6.45) is 20.8. The highest BCUT2D eigenvalue weighted by molar-refractivity contribution is 5.92. The van der Waals surface area contributed by atoms with Crippen LogP contribution < -0.4 is 0 Å². The van der Waals surface area contributed by atoms with Gasteiger partial charge in [-0.3, -0.25) is 9.59 Å². The Balaban J connectivity index is 0.000000676. The number of carbonyl (C=O) groups is 2. The summed E-state index contributed by atoms with van der Waals surface area (Å²) in [7, 11) is 0. The van der Waals surface area contributed by atoms with Crippen LogP contribution in [0.1, 0.15) is 124 Å². The monoisotopic (exact) mass is 354 g/mol. The molecule has 0 bridgehead atoms. The molecule has 25 heavy (non-hydrogen) atoms. The molecule has 0 radical (unpaired) electrons. The van der Waals surface area contributed by atoms with Crippen molar-refractivity contribution in [3.8, 4) is 0 Å². The molecule has 1 aliphatic rings. The van der Waals surface area contributed by atoms with Crippen molar-refractivity contribution in [2.24, 2.45) is 5.92 Å². The van der Waals surface area contributed by atoms with E-state index in [1.54, 1.807) is 0 Å². The van der Waals surface area contributed by atoms with Crippen molar-refractivity contribution in [3.05, 3.63) is 0 Å². The quantitative estimate of drug-likeness (QED) is 0.192. The van der Waals surface area contributed by atoms with E-state index in [1.807, 2.05) is 0 Å². The standard InChI is InChI=1S/C18H38.C4H4O3/c1-4-6-8-10-11-13-15-17-18(3)16-14-12-9-7-5-2;5-3-1-2-4(6)7-3/h18H,4-17H2,1-3H3;1-2H2. The molecule has 0 saturated carbocycles. The molecule has 3 nitrogen and oxygen atoms in total. The minimum Gasteiger partial charge on any atom is -0.393 e. The SMILES string of the molecule is CCCCCCCCCC(C)CCCCCCC.O=C1CCC(=O)O1. The maximum Gasteiger partial charge on any atom is 0.314 e. The molecule has 1 fully saturated rings. The number of rotatable bonds is 14. The predicted octanol–water partition coefficient (Wildman–Crippen LogP) is 6.97. The molecule has 0 aliphatic carbocycles. The number of ether oxygens (including phenoxy) is 1. The van der Waals surface area contributed by atoms with E-state index in [-0.39, 0.29) is 12.8 Å². The van der Waals surface area contributed by atoms with E-state index >= 15 is 0 Å². The maximum atomic E-state index is 10.0. The molecule has 1 unspecified atom stereocenters. The second-order valence-electron chi connectivity index (χ2n) is 7.56. The molecular weight excluding hydrogens is 312 g/mol. The Bertz CT molecular complexity index is 311. The van der Waals surface area contributed by atoms with Crippen molar-refractivity contribution in [2.75, 3.05) is 0 Å². The van der Waals surface area contributed by atoms with Crippen LogP contribution in [0.4, 0.5) is 0 Å². The molecule has 1 aliphatic heterocycles. The molecule has 1 saturated heterocycles. The summed E-state index contributed by atoms with van der Waals surface area (Å²) in [6, 6.07) is 0. The van der Waals surface area contributed by atoms with Crippen molar-refractivity contribution in [1.82, 2.24) is 0 Å².